The first-order chi connectivity index (χ1) is 7.04. The fraction of sp³-hybridized carbons (Fsp3) is 0.556. The Kier molecular flexibility index (Phi) is 4.76. The highest BCUT2D eigenvalue weighted by molar-refractivity contribution is 9.10. The first kappa shape index (κ1) is 12.7. The van der Waals surface area contributed by atoms with E-state index >= 15 is 0 Å². The van der Waals surface area contributed by atoms with Gasteiger partial charge in [0.05, 0.1) is 17.1 Å². The standard InChI is InChI=1S/C9H13BrClN3O/c1-5(2)7(4-15)13-8-6(10)3-12-9(11)14-8/h3,5,7,15H,4H2,1-2H3,(H,12,13,14)/t7-/m0/s1. The molecule has 84 valence electrons. The van der Waals surface area contributed by atoms with Gasteiger partial charge in [-0.2, -0.15) is 4.98 Å². The van der Waals surface area contributed by atoms with Crippen LogP contribution in [0.5, 0.6) is 0 Å². The van der Waals surface area contributed by atoms with Crippen molar-refractivity contribution in [2.75, 3.05) is 11.9 Å². The second-order valence-corrected chi connectivity index (χ2v) is 4.71. The van der Waals surface area contributed by atoms with Crippen molar-refractivity contribution < 1.29 is 5.11 Å². The average molecular weight is 295 g/mol. The van der Waals surface area contributed by atoms with E-state index < -0.39 is 0 Å². The summed E-state index contributed by atoms with van der Waals surface area (Å²) in [6.45, 7) is 4.08. The number of hydrogen-bond acceptors (Lipinski definition) is 4. The van der Waals surface area contributed by atoms with Crippen LogP contribution in [0.3, 0.4) is 0 Å². The Balaban J connectivity index is 2.82. The number of rotatable bonds is 4. The zero-order valence-corrected chi connectivity index (χ0v) is 10.9. The topological polar surface area (TPSA) is 58.0 Å². The molecule has 6 heteroatoms. The molecule has 0 saturated carbocycles. The molecule has 0 fully saturated rings. The summed E-state index contributed by atoms with van der Waals surface area (Å²) in [7, 11) is 0. The Morgan fingerprint density at radius 1 is 1.60 bits per heavy atom. The van der Waals surface area contributed by atoms with Crippen molar-refractivity contribution >= 4 is 33.3 Å². The lowest BCUT2D eigenvalue weighted by molar-refractivity contribution is 0.249. The lowest BCUT2D eigenvalue weighted by Gasteiger charge is -2.20. The Labute approximate surface area is 102 Å². The van der Waals surface area contributed by atoms with Gasteiger partial charge in [-0.1, -0.05) is 13.8 Å². The van der Waals surface area contributed by atoms with E-state index in [1.807, 2.05) is 13.8 Å². The highest BCUT2D eigenvalue weighted by atomic mass is 79.9. The van der Waals surface area contributed by atoms with E-state index in [1.54, 1.807) is 6.20 Å². The maximum atomic E-state index is 9.16. The second-order valence-electron chi connectivity index (χ2n) is 3.51. The summed E-state index contributed by atoms with van der Waals surface area (Å²) in [5, 5.41) is 12.5. The molecular formula is C9H13BrClN3O. The third-order valence-corrected chi connectivity index (χ3v) is 2.80. The molecule has 0 unspecified atom stereocenters. The fourth-order valence-corrected chi connectivity index (χ4v) is 1.48. The van der Waals surface area contributed by atoms with Crippen LogP contribution in [-0.4, -0.2) is 27.7 Å². The first-order valence-corrected chi connectivity index (χ1v) is 5.77. The quantitative estimate of drug-likeness (QED) is 0.837. The fourth-order valence-electron chi connectivity index (χ4n) is 1.05. The van der Waals surface area contributed by atoms with Gasteiger partial charge in [-0.05, 0) is 33.4 Å². The zero-order chi connectivity index (χ0) is 11.4. The van der Waals surface area contributed by atoms with Gasteiger partial charge in [0.2, 0.25) is 5.28 Å². The van der Waals surface area contributed by atoms with Crippen molar-refractivity contribution in [1.29, 1.82) is 0 Å². The number of aliphatic hydroxyl groups excluding tert-OH is 1. The first-order valence-electron chi connectivity index (χ1n) is 4.60. The number of aromatic nitrogens is 2. The van der Waals surface area contributed by atoms with Gasteiger partial charge in [-0.15, -0.1) is 0 Å². The summed E-state index contributed by atoms with van der Waals surface area (Å²) in [6.07, 6.45) is 1.58. The molecule has 1 aromatic rings. The Bertz CT molecular complexity index is 335. The van der Waals surface area contributed by atoms with Crippen LogP contribution in [0.1, 0.15) is 13.8 Å². The van der Waals surface area contributed by atoms with Crippen LogP contribution >= 0.6 is 27.5 Å². The number of nitrogens with one attached hydrogen (secondary N) is 1. The van der Waals surface area contributed by atoms with E-state index in [-0.39, 0.29) is 17.9 Å². The van der Waals surface area contributed by atoms with Crippen LogP contribution < -0.4 is 5.32 Å². The third kappa shape index (κ3) is 3.59. The predicted molar refractivity (Wildman–Crippen MR) is 64.1 cm³/mol. The molecule has 0 bridgehead atoms. The van der Waals surface area contributed by atoms with Crippen molar-refractivity contribution in [2.45, 2.75) is 19.9 Å². The maximum Gasteiger partial charge on any atom is 0.224 e. The van der Waals surface area contributed by atoms with Crippen LogP contribution in [0.2, 0.25) is 5.28 Å². The molecule has 0 radical (unpaired) electrons. The van der Waals surface area contributed by atoms with Crippen molar-refractivity contribution in [3.8, 4) is 0 Å². The molecule has 0 amide bonds. The second kappa shape index (κ2) is 5.63. The van der Waals surface area contributed by atoms with Gasteiger partial charge in [-0.3, -0.25) is 0 Å². The molecule has 1 aromatic heterocycles. The smallest absolute Gasteiger partial charge is 0.224 e. The number of hydrogen-bond donors (Lipinski definition) is 2. The van der Waals surface area contributed by atoms with Gasteiger partial charge < -0.3 is 10.4 Å². The Morgan fingerprint density at radius 2 is 2.27 bits per heavy atom. The lowest BCUT2D eigenvalue weighted by Crippen LogP contribution is -2.30. The van der Waals surface area contributed by atoms with E-state index in [0.29, 0.717) is 11.7 Å². The van der Waals surface area contributed by atoms with Crippen LogP contribution in [0.25, 0.3) is 0 Å². The molecule has 0 aromatic carbocycles. The number of anilines is 1. The van der Waals surface area contributed by atoms with E-state index in [4.69, 9.17) is 16.7 Å². The highest BCUT2D eigenvalue weighted by Gasteiger charge is 2.14. The van der Waals surface area contributed by atoms with Gasteiger partial charge in [0.1, 0.15) is 5.82 Å². The summed E-state index contributed by atoms with van der Waals surface area (Å²) in [6, 6.07) is -0.0488. The van der Waals surface area contributed by atoms with E-state index in [1.165, 1.54) is 0 Å². The molecule has 2 N–H and O–H groups in total. The van der Waals surface area contributed by atoms with E-state index in [2.05, 4.69) is 31.2 Å². The SMILES string of the molecule is CC(C)[C@H](CO)Nc1nc(Cl)ncc1Br. The van der Waals surface area contributed by atoms with Crippen molar-refractivity contribution in [1.82, 2.24) is 9.97 Å². The number of nitrogens with zero attached hydrogens (tertiary/aromatic N) is 2. The molecule has 0 aliphatic rings. The number of aliphatic hydroxyl groups is 1. The molecule has 0 aliphatic carbocycles. The van der Waals surface area contributed by atoms with E-state index in [0.717, 1.165) is 4.47 Å². The minimum atomic E-state index is -0.0488. The molecular weight excluding hydrogens is 281 g/mol. The molecule has 0 spiro atoms. The van der Waals surface area contributed by atoms with Crippen LogP contribution in [-0.2, 0) is 0 Å². The van der Waals surface area contributed by atoms with Crippen LogP contribution in [0.15, 0.2) is 10.7 Å². The average Bonchev–Trinajstić information content (AvgIpc) is 2.18. The summed E-state index contributed by atoms with van der Waals surface area (Å²) in [5.74, 6) is 0.901. The lowest BCUT2D eigenvalue weighted by atomic mass is 10.1. The summed E-state index contributed by atoms with van der Waals surface area (Å²) < 4.78 is 0.728. The Hall–Kier alpha value is -0.390. The van der Waals surface area contributed by atoms with Gasteiger partial charge in [0.15, 0.2) is 0 Å². The third-order valence-electron chi connectivity index (χ3n) is 2.04. The molecule has 0 saturated heterocycles. The summed E-state index contributed by atoms with van der Waals surface area (Å²) in [4.78, 5) is 7.85. The minimum absolute atomic E-state index is 0.0473. The highest BCUT2D eigenvalue weighted by Crippen LogP contribution is 2.22. The minimum Gasteiger partial charge on any atom is -0.394 e. The molecule has 4 nitrogen and oxygen atoms in total. The van der Waals surface area contributed by atoms with Gasteiger partial charge >= 0.3 is 0 Å². The predicted octanol–water partition coefficient (Wildman–Crippen LogP) is 2.32. The summed E-state index contributed by atoms with van der Waals surface area (Å²) in [5.41, 5.74) is 0. The Morgan fingerprint density at radius 3 is 2.80 bits per heavy atom. The van der Waals surface area contributed by atoms with Crippen LogP contribution in [0.4, 0.5) is 5.82 Å². The normalized spacial score (nSPS) is 12.9. The summed E-state index contributed by atoms with van der Waals surface area (Å²) >= 11 is 8.99. The van der Waals surface area contributed by atoms with Gasteiger partial charge in [-0.25, -0.2) is 4.98 Å². The monoisotopic (exact) mass is 293 g/mol. The molecule has 1 atom stereocenters. The maximum absolute atomic E-state index is 9.16. The van der Waals surface area contributed by atoms with Crippen molar-refractivity contribution in [3.63, 3.8) is 0 Å². The molecule has 1 rings (SSSR count). The molecule has 1 heterocycles. The van der Waals surface area contributed by atoms with Crippen LogP contribution in [0, 0.1) is 5.92 Å². The number of halogens is 2. The zero-order valence-electron chi connectivity index (χ0n) is 8.54. The van der Waals surface area contributed by atoms with E-state index in [9.17, 15) is 0 Å². The molecule has 0 aliphatic heterocycles. The molecule has 15 heavy (non-hydrogen) atoms. The van der Waals surface area contributed by atoms with Gasteiger partial charge in [0, 0.05) is 6.20 Å². The van der Waals surface area contributed by atoms with Crippen molar-refractivity contribution in [3.05, 3.63) is 16.0 Å². The largest absolute Gasteiger partial charge is 0.394 e. The van der Waals surface area contributed by atoms with Gasteiger partial charge in [0.25, 0.3) is 0 Å². The van der Waals surface area contributed by atoms with Crippen molar-refractivity contribution in [2.24, 2.45) is 5.92 Å².